The van der Waals surface area contributed by atoms with Gasteiger partial charge in [-0.1, -0.05) is 52.1 Å². The zero-order chi connectivity index (χ0) is 23.7. The Balaban J connectivity index is 0. The lowest BCUT2D eigenvalue weighted by Crippen LogP contribution is -2.31. The highest BCUT2D eigenvalue weighted by atomic mass is 32.2. The second-order valence-electron chi connectivity index (χ2n) is 5.49. The number of nitrogens with zero attached hydrogens (tertiary/aromatic N) is 2. The summed E-state index contributed by atoms with van der Waals surface area (Å²) >= 11 is 1.36. The lowest BCUT2D eigenvalue weighted by molar-refractivity contribution is -0.135. The number of carbonyl (C=O) groups is 2. The van der Waals surface area contributed by atoms with Crippen LogP contribution in [0.4, 0.5) is 5.82 Å². The van der Waals surface area contributed by atoms with Crippen molar-refractivity contribution in [2.24, 2.45) is 0 Å². The molecule has 0 aromatic carbocycles. The number of ether oxygens (including phenoxy) is 1. The molecule has 0 aliphatic rings. The van der Waals surface area contributed by atoms with Gasteiger partial charge in [-0.15, -0.1) is 0 Å². The van der Waals surface area contributed by atoms with E-state index in [4.69, 9.17) is 0 Å². The number of allylic oxidation sites excluding steroid dienone is 2. The molecule has 7 nitrogen and oxygen atoms in total. The molecule has 0 aliphatic carbocycles. The summed E-state index contributed by atoms with van der Waals surface area (Å²) in [6.07, 6.45) is 8.36. The van der Waals surface area contributed by atoms with Crippen molar-refractivity contribution in [1.82, 2.24) is 15.3 Å². The van der Waals surface area contributed by atoms with Gasteiger partial charge in [-0.2, -0.15) is 0 Å². The average Bonchev–Trinajstić information content (AvgIpc) is 2.75. The third-order valence-corrected chi connectivity index (χ3v) is 3.56. The molecular formula is C22H36N4O3S. The zero-order valence-electron chi connectivity index (χ0n) is 19.6. The van der Waals surface area contributed by atoms with Crippen LogP contribution in [0.1, 0.15) is 58.8 Å². The number of esters is 1. The summed E-state index contributed by atoms with van der Waals surface area (Å²) in [6.45, 7) is 17.2. The van der Waals surface area contributed by atoms with Gasteiger partial charge in [-0.05, 0) is 39.2 Å². The number of methoxy groups -OCH3 is 1. The predicted octanol–water partition coefficient (Wildman–Crippen LogP) is 4.99. The summed E-state index contributed by atoms with van der Waals surface area (Å²) in [7, 11) is 1.29. The van der Waals surface area contributed by atoms with Gasteiger partial charge in [0.25, 0.3) is 5.91 Å². The van der Waals surface area contributed by atoms with E-state index in [1.54, 1.807) is 12.2 Å². The predicted molar refractivity (Wildman–Crippen MR) is 127 cm³/mol. The molecule has 1 amide bonds. The Kier molecular flexibility index (Phi) is 17.0. The molecule has 0 radical (unpaired) electrons. The largest absolute Gasteiger partial charge is 0.465 e. The fourth-order valence-electron chi connectivity index (χ4n) is 1.89. The lowest BCUT2D eigenvalue weighted by Gasteiger charge is -2.14. The van der Waals surface area contributed by atoms with Crippen molar-refractivity contribution in [3.05, 3.63) is 47.8 Å². The van der Waals surface area contributed by atoms with Crippen LogP contribution in [0.25, 0.3) is 0 Å². The van der Waals surface area contributed by atoms with Crippen molar-refractivity contribution in [3.8, 4) is 0 Å². The van der Waals surface area contributed by atoms with Crippen LogP contribution in [-0.2, 0) is 9.53 Å². The highest BCUT2D eigenvalue weighted by Crippen LogP contribution is 2.19. The van der Waals surface area contributed by atoms with Crippen LogP contribution in [-0.4, -0.2) is 41.3 Å². The molecule has 8 heteroatoms. The molecule has 2 N–H and O–H groups in total. The minimum absolute atomic E-state index is 0.0276. The van der Waals surface area contributed by atoms with Gasteiger partial charge in [0, 0.05) is 17.9 Å². The third kappa shape index (κ3) is 10.8. The van der Waals surface area contributed by atoms with Crippen LogP contribution < -0.4 is 10.6 Å². The molecule has 0 spiro atoms. The third-order valence-electron chi connectivity index (χ3n) is 3.00. The molecular weight excluding hydrogens is 400 g/mol. The molecule has 1 heterocycles. The molecule has 0 atom stereocenters. The quantitative estimate of drug-likeness (QED) is 0.195. The Hall–Kier alpha value is -2.61. The van der Waals surface area contributed by atoms with E-state index in [9.17, 15) is 9.59 Å². The number of amides is 1. The molecule has 1 rings (SSSR count). The van der Waals surface area contributed by atoms with E-state index >= 15 is 0 Å². The van der Waals surface area contributed by atoms with E-state index in [0.29, 0.717) is 22.2 Å². The number of rotatable bonds is 8. The van der Waals surface area contributed by atoms with E-state index in [0.717, 1.165) is 0 Å². The first-order valence-corrected chi connectivity index (χ1v) is 11.1. The minimum Gasteiger partial charge on any atom is -0.465 e. The summed E-state index contributed by atoms with van der Waals surface area (Å²) in [4.78, 5) is 32.6. The van der Waals surface area contributed by atoms with Gasteiger partial charge in [0.05, 0.1) is 12.7 Å². The number of aromatic nitrogens is 2. The maximum atomic E-state index is 12.4. The molecule has 0 aliphatic heterocycles. The first-order valence-electron chi connectivity index (χ1n) is 9.92. The average molecular weight is 437 g/mol. The monoisotopic (exact) mass is 436 g/mol. The van der Waals surface area contributed by atoms with E-state index in [1.807, 2.05) is 54.7 Å². The second kappa shape index (κ2) is 17.3. The maximum absolute atomic E-state index is 12.4. The number of anilines is 1. The number of nitrogens with one attached hydrogen (secondary N) is 2. The topological polar surface area (TPSA) is 93.2 Å². The van der Waals surface area contributed by atoms with Gasteiger partial charge < -0.3 is 15.4 Å². The molecule has 0 saturated carbocycles. The summed E-state index contributed by atoms with van der Waals surface area (Å²) in [6, 6.07) is -0.0276. The number of carbonyl (C=O) groups excluding carboxylic acids is 2. The minimum atomic E-state index is -0.543. The van der Waals surface area contributed by atoms with Gasteiger partial charge in [0.15, 0.2) is 5.16 Å². The Morgan fingerprint density at radius 1 is 1.23 bits per heavy atom. The van der Waals surface area contributed by atoms with Gasteiger partial charge in [0.1, 0.15) is 11.4 Å². The van der Waals surface area contributed by atoms with Gasteiger partial charge in [0.2, 0.25) is 0 Å². The SMILES string of the molecule is C=C(/C=C(\C=C/C)Nc1nc(SC)ncc1C(=O)NC(C)C)C(=O)OC.CC.CC. The lowest BCUT2D eigenvalue weighted by atomic mass is 10.2. The van der Waals surface area contributed by atoms with Crippen LogP contribution in [0.5, 0.6) is 0 Å². The fraction of sp³-hybridized carbons (Fsp3) is 0.455. The van der Waals surface area contributed by atoms with E-state index in [2.05, 4.69) is 31.9 Å². The molecule has 168 valence electrons. The van der Waals surface area contributed by atoms with E-state index in [1.165, 1.54) is 31.1 Å². The Labute approximate surface area is 185 Å². The molecule has 0 unspecified atom stereocenters. The first-order chi connectivity index (χ1) is 14.3. The summed E-state index contributed by atoms with van der Waals surface area (Å²) in [5.74, 6) is -0.495. The van der Waals surface area contributed by atoms with Crippen LogP contribution in [0.2, 0.25) is 0 Å². The Morgan fingerprint density at radius 2 is 1.83 bits per heavy atom. The second-order valence-corrected chi connectivity index (χ2v) is 6.26. The van der Waals surface area contributed by atoms with Crippen LogP contribution in [0.15, 0.2) is 47.4 Å². The van der Waals surface area contributed by atoms with Gasteiger partial charge in [-0.25, -0.2) is 14.8 Å². The normalized spacial score (nSPS) is 10.4. The molecule has 0 saturated heterocycles. The summed E-state index contributed by atoms with van der Waals surface area (Å²) in [5.41, 5.74) is 1.00. The van der Waals surface area contributed by atoms with Crippen LogP contribution >= 0.6 is 11.8 Å². The number of thioether (sulfide) groups is 1. The molecule has 0 fully saturated rings. The standard InChI is InChI=1S/C18H24N4O3S.2C2H6/c1-7-8-13(9-12(4)17(24)25-5)21-15-14(16(23)20-11(2)3)10-19-18(22-15)26-6;2*1-2/h7-11H,4H2,1-3,5-6H3,(H,20,23)(H,19,21,22);2*1-2H3/b8-7-,13-9+;;. The maximum Gasteiger partial charge on any atom is 0.337 e. The highest BCUT2D eigenvalue weighted by molar-refractivity contribution is 7.98. The Morgan fingerprint density at radius 3 is 2.30 bits per heavy atom. The van der Waals surface area contributed by atoms with Crippen LogP contribution in [0.3, 0.4) is 0 Å². The van der Waals surface area contributed by atoms with Crippen molar-refractivity contribution in [1.29, 1.82) is 0 Å². The van der Waals surface area contributed by atoms with E-state index in [-0.39, 0.29) is 17.5 Å². The highest BCUT2D eigenvalue weighted by Gasteiger charge is 2.16. The fourth-order valence-corrected chi connectivity index (χ4v) is 2.23. The van der Waals surface area contributed by atoms with Crippen molar-refractivity contribution in [3.63, 3.8) is 0 Å². The van der Waals surface area contributed by atoms with E-state index < -0.39 is 5.97 Å². The smallest absolute Gasteiger partial charge is 0.337 e. The molecule has 1 aromatic heterocycles. The van der Waals surface area contributed by atoms with Crippen molar-refractivity contribution >= 4 is 29.5 Å². The Bertz CT molecular complexity index is 744. The van der Waals surface area contributed by atoms with Gasteiger partial charge in [-0.3, -0.25) is 4.79 Å². The zero-order valence-corrected chi connectivity index (χ0v) is 20.4. The van der Waals surface area contributed by atoms with Crippen molar-refractivity contribution in [2.75, 3.05) is 18.7 Å². The summed E-state index contributed by atoms with van der Waals surface area (Å²) < 4.78 is 4.66. The van der Waals surface area contributed by atoms with Gasteiger partial charge >= 0.3 is 5.97 Å². The van der Waals surface area contributed by atoms with Crippen molar-refractivity contribution in [2.45, 2.75) is 59.7 Å². The first kappa shape index (κ1) is 29.6. The molecule has 30 heavy (non-hydrogen) atoms. The van der Waals surface area contributed by atoms with Crippen LogP contribution in [0, 0.1) is 0 Å². The molecule has 1 aromatic rings. The number of hydrogen-bond acceptors (Lipinski definition) is 7. The molecule has 0 bridgehead atoms. The number of hydrogen-bond donors (Lipinski definition) is 2. The summed E-state index contributed by atoms with van der Waals surface area (Å²) in [5, 5.41) is 6.40. The van der Waals surface area contributed by atoms with Crippen molar-refractivity contribution < 1.29 is 14.3 Å².